The first-order valence-corrected chi connectivity index (χ1v) is 10.4. The third-order valence-electron chi connectivity index (χ3n) is 6.04. The minimum Gasteiger partial charge on any atom is -0.344 e. The van der Waals surface area contributed by atoms with Crippen LogP contribution in [0, 0.1) is 5.82 Å². The lowest BCUT2D eigenvalue weighted by Gasteiger charge is -2.40. The van der Waals surface area contributed by atoms with Crippen LogP contribution in [-0.4, -0.2) is 42.7 Å². The van der Waals surface area contributed by atoms with Crippen LogP contribution >= 0.6 is 0 Å². The molecule has 0 spiro atoms. The maximum absolute atomic E-state index is 14.0. The molecule has 3 aromatic rings. The number of alkyl halides is 5. The summed E-state index contributed by atoms with van der Waals surface area (Å²) in [6.45, 7) is 4.94. The highest BCUT2D eigenvalue weighted by Crippen LogP contribution is 2.48. The molecule has 35 heavy (non-hydrogen) atoms. The number of amides is 1. The summed E-state index contributed by atoms with van der Waals surface area (Å²) in [4.78, 5) is 25.0. The number of aryl methyl sites for hydroxylation is 1. The largest absolute Gasteiger partial charge is 0.453 e. The average Bonchev–Trinajstić information content (AvgIpc) is 3.07. The van der Waals surface area contributed by atoms with E-state index in [4.69, 9.17) is 0 Å². The zero-order chi connectivity index (χ0) is 25.3. The maximum Gasteiger partial charge on any atom is 0.453 e. The van der Waals surface area contributed by atoms with Crippen molar-refractivity contribution in [1.29, 1.82) is 0 Å². The molecule has 8 nitrogen and oxygen atoms in total. The Balaban J connectivity index is 1.64. The van der Waals surface area contributed by atoms with E-state index in [0.717, 1.165) is 16.9 Å². The first-order chi connectivity index (χ1) is 16.3. The van der Waals surface area contributed by atoms with Gasteiger partial charge in [-0.15, -0.1) is 0 Å². The molecular formula is C21H17F6N7O. The lowest BCUT2D eigenvalue weighted by Crippen LogP contribution is -2.40. The van der Waals surface area contributed by atoms with Gasteiger partial charge in [0.25, 0.3) is 0 Å². The van der Waals surface area contributed by atoms with Crippen LogP contribution in [0.3, 0.4) is 0 Å². The lowest BCUT2D eigenvalue weighted by molar-refractivity contribution is -0.285. The molecule has 184 valence electrons. The van der Waals surface area contributed by atoms with E-state index in [1.165, 1.54) is 0 Å². The van der Waals surface area contributed by atoms with Crippen LogP contribution in [0.25, 0.3) is 22.6 Å². The zero-order valence-corrected chi connectivity index (χ0v) is 18.1. The first kappa shape index (κ1) is 23.1. The highest BCUT2D eigenvalue weighted by molar-refractivity contribution is 5.97. The fourth-order valence-corrected chi connectivity index (χ4v) is 4.51. The number of aromatic nitrogens is 5. The summed E-state index contributed by atoms with van der Waals surface area (Å²) in [6.07, 6.45) is -5.90. The number of carbonyl (C=O) groups is 1. The van der Waals surface area contributed by atoms with Crippen molar-refractivity contribution in [2.45, 2.75) is 50.2 Å². The van der Waals surface area contributed by atoms with Crippen LogP contribution in [0.1, 0.15) is 31.7 Å². The Morgan fingerprint density at radius 1 is 1.14 bits per heavy atom. The molecule has 5 heterocycles. The van der Waals surface area contributed by atoms with E-state index >= 15 is 0 Å². The number of nitrogens with one attached hydrogen (secondary N) is 2. The normalized spacial score (nSPS) is 20.0. The summed E-state index contributed by atoms with van der Waals surface area (Å²) in [5, 5.41) is 9.81. The zero-order valence-electron chi connectivity index (χ0n) is 18.1. The second kappa shape index (κ2) is 7.39. The number of rotatable bonds is 4. The Labute approximate surface area is 193 Å². The van der Waals surface area contributed by atoms with E-state index in [9.17, 15) is 31.1 Å². The van der Waals surface area contributed by atoms with Crippen LogP contribution in [0.15, 0.2) is 24.5 Å². The highest BCUT2D eigenvalue weighted by atomic mass is 19.4. The number of nitrogens with zero attached hydrogens (tertiary/aromatic N) is 5. The van der Waals surface area contributed by atoms with Gasteiger partial charge in [0.05, 0.1) is 11.6 Å². The SMILES string of the molecule is C=C1CC2(C)CC(=O)Nc3nc(-c4nn(CCC(F)(F)C(F)(F)F)c5ncc(F)cc45)nc(c32)N1. The van der Waals surface area contributed by atoms with Gasteiger partial charge in [0.15, 0.2) is 11.5 Å². The predicted molar refractivity (Wildman–Crippen MR) is 112 cm³/mol. The maximum atomic E-state index is 14.0. The van der Waals surface area contributed by atoms with Crippen molar-refractivity contribution in [3.05, 3.63) is 35.9 Å². The van der Waals surface area contributed by atoms with Gasteiger partial charge in [-0.1, -0.05) is 13.5 Å². The van der Waals surface area contributed by atoms with E-state index in [2.05, 4.69) is 37.3 Å². The molecule has 2 N–H and O–H groups in total. The summed E-state index contributed by atoms with van der Waals surface area (Å²) in [5.41, 5.74) is 0.405. The molecule has 0 bridgehead atoms. The highest BCUT2D eigenvalue weighted by Gasteiger charge is 2.56. The molecule has 1 unspecified atom stereocenters. The minimum absolute atomic E-state index is 0.00649. The van der Waals surface area contributed by atoms with Gasteiger partial charge in [-0.25, -0.2) is 24.0 Å². The topological polar surface area (TPSA) is 97.6 Å². The molecule has 1 atom stereocenters. The van der Waals surface area contributed by atoms with Gasteiger partial charge in [-0.3, -0.25) is 4.79 Å². The molecule has 0 aliphatic carbocycles. The van der Waals surface area contributed by atoms with Crippen molar-refractivity contribution in [2.75, 3.05) is 10.6 Å². The summed E-state index contributed by atoms with van der Waals surface area (Å²) in [6, 6.07) is 1.01. The van der Waals surface area contributed by atoms with E-state index in [1.807, 2.05) is 6.92 Å². The minimum atomic E-state index is -5.73. The Morgan fingerprint density at radius 2 is 1.83 bits per heavy atom. The van der Waals surface area contributed by atoms with Crippen LogP contribution in [0.4, 0.5) is 38.0 Å². The summed E-state index contributed by atoms with van der Waals surface area (Å²) >= 11 is 0. The molecule has 5 rings (SSSR count). The summed E-state index contributed by atoms with van der Waals surface area (Å²) < 4.78 is 79.8. The van der Waals surface area contributed by atoms with E-state index < -0.39 is 36.3 Å². The molecule has 3 aromatic heterocycles. The van der Waals surface area contributed by atoms with E-state index in [1.54, 1.807) is 0 Å². The van der Waals surface area contributed by atoms with Crippen molar-refractivity contribution in [1.82, 2.24) is 24.7 Å². The molecule has 0 fully saturated rings. The van der Waals surface area contributed by atoms with Crippen LogP contribution in [0.5, 0.6) is 0 Å². The van der Waals surface area contributed by atoms with Crippen LogP contribution in [0.2, 0.25) is 0 Å². The predicted octanol–water partition coefficient (Wildman–Crippen LogP) is 4.54. The Morgan fingerprint density at radius 3 is 2.51 bits per heavy atom. The molecule has 14 heteroatoms. The smallest absolute Gasteiger partial charge is 0.344 e. The molecule has 1 amide bonds. The second-order valence-corrected chi connectivity index (χ2v) is 8.86. The fraction of sp³-hybridized carbons (Fsp3) is 0.381. The molecule has 0 aromatic carbocycles. The first-order valence-electron chi connectivity index (χ1n) is 10.4. The second-order valence-electron chi connectivity index (χ2n) is 8.86. The molecule has 0 saturated heterocycles. The summed E-state index contributed by atoms with van der Waals surface area (Å²) in [7, 11) is 0. The number of allylic oxidation sites excluding steroid dienone is 1. The standard InChI is InChI=1S/C21H17F6N7O/c1-9-6-19(2)7-12(35)30-16-13(19)15(29-9)31-17(32-16)14-11-5-10(22)8-28-18(11)34(33-14)4-3-20(23,24)21(25,26)27/h5,8H,1,3-4,6-7H2,2H3,(H2,29,30,31,32,35). The molecular weight excluding hydrogens is 480 g/mol. The van der Waals surface area contributed by atoms with Crippen molar-refractivity contribution in [3.8, 4) is 11.5 Å². The van der Waals surface area contributed by atoms with Gasteiger partial charge in [0.1, 0.15) is 23.1 Å². The number of hydrogen-bond donors (Lipinski definition) is 2. The molecule has 2 aliphatic rings. The fourth-order valence-electron chi connectivity index (χ4n) is 4.51. The summed E-state index contributed by atoms with van der Waals surface area (Å²) in [5.74, 6) is -5.62. The van der Waals surface area contributed by atoms with Gasteiger partial charge in [0, 0.05) is 36.1 Å². The molecule has 2 aliphatic heterocycles. The number of carbonyl (C=O) groups excluding carboxylic acids is 1. The number of fused-ring (bicyclic) bond motifs is 1. The Hall–Kier alpha value is -3.71. The third-order valence-corrected chi connectivity index (χ3v) is 6.04. The van der Waals surface area contributed by atoms with Gasteiger partial charge in [-0.2, -0.15) is 27.1 Å². The van der Waals surface area contributed by atoms with Gasteiger partial charge >= 0.3 is 12.1 Å². The van der Waals surface area contributed by atoms with E-state index in [-0.39, 0.29) is 40.7 Å². The third kappa shape index (κ3) is 3.76. The number of hydrogen-bond acceptors (Lipinski definition) is 6. The van der Waals surface area contributed by atoms with E-state index in [0.29, 0.717) is 23.5 Å². The van der Waals surface area contributed by atoms with Crippen LogP contribution in [-0.2, 0) is 16.8 Å². The molecule has 0 saturated carbocycles. The van der Waals surface area contributed by atoms with Crippen molar-refractivity contribution < 1.29 is 31.1 Å². The van der Waals surface area contributed by atoms with Gasteiger partial charge in [0.2, 0.25) is 5.91 Å². The Bertz CT molecular complexity index is 1360. The number of halogens is 6. The van der Waals surface area contributed by atoms with Crippen molar-refractivity contribution in [3.63, 3.8) is 0 Å². The van der Waals surface area contributed by atoms with Crippen molar-refractivity contribution >= 4 is 28.6 Å². The van der Waals surface area contributed by atoms with Gasteiger partial charge in [-0.05, 0) is 12.5 Å². The number of pyridine rings is 1. The van der Waals surface area contributed by atoms with Gasteiger partial charge < -0.3 is 10.6 Å². The average molecular weight is 497 g/mol. The van der Waals surface area contributed by atoms with Crippen molar-refractivity contribution in [2.24, 2.45) is 0 Å². The lowest BCUT2D eigenvalue weighted by atomic mass is 9.72. The number of anilines is 2. The quantitative estimate of drug-likeness (QED) is 0.514. The van der Waals surface area contributed by atoms with Crippen LogP contribution < -0.4 is 10.6 Å². The monoisotopic (exact) mass is 497 g/mol. The Kier molecular flexibility index (Phi) is 4.87. The molecule has 0 radical (unpaired) electrons.